The number of unbranched alkanes of at least 4 members (excludes halogenated alkanes) is 1. The fraction of sp³-hybridized carbons (Fsp3) is 0.684. The van der Waals surface area contributed by atoms with Crippen LogP contribution in [0, 0.1) is 0 Å². The van der Waals surface area contributed by atoms with Crippen molar-refractivity contribution in [3.8, 4) is 0 Å². The summed E-state index contributed by atoms with van der Waals surface area (Å²) in [5.74, 6) is -6.18. The Hall–Kier alpha value is -3.30. The first-order chi connectivity index (χ1) is 15.9. The molecule has 0 radical (unpaired) electrons. The van der Waals surface area contributed by atoms with Crippen LogP contribution in [0.4, 0.5) is 0 Å². The van der Waals surface area contributed by atoms with Crippen LogP contribution in [0.5, 0.6) is 0 Å². The van der Waals surface area contributed by atoms with E-state index in [1.54, 1.807) is 0 Å². The average Bonchev–Trinajstić information content (AvgIpc) is 2.77. The second kappa shape index (κ2) is 16.3. The summed E-state index contributed by atoms with van der Waals surface area (Å²) < 4.78 is 0. The molecule has 4 amide bonds. The van der Waals surface area contributed by atoms with Gasteiger partial charge in [0.2, 0.25) is 23.6 Å². The highest BCUT2D eigenvalue weighted by molar-refractivity contribution is 5.94. The summed E-state index contributed by atoms with van der Waals surface area (Å²) in [4.78, 5) is 71.0. The number of hydrogen-bond donors (Lipinski definition) is 9. The van der Waals surface area contributed by atoms with Gasteiger partial charge in [-0.25, -0.2) is 4.79 Å². The largest absolute Gasteiger partial charge is 0.481 e. The van der Waals surface area contributed by atoms with E-state index in [0.29, 0.717) is 19.4 Å². The summed E-state index contributed by atoms with van der Waals surface area (Å²) in [6.45, 7) is -0.393. The number of aliphatic carboxylic acids is 2. The van der Waals surface area contributed by atoms with E-state index in [1.165, 1.54) is 0 Å². The first kappa shape index (κ1) is 30.7. The van der Waals surface area contributed by atoms with Gasteiger partial charge in [-0.3, -0.25) is 24.0 Å². The van der Waals surface area contributed by atoms with E-state index in [-0.39, 0.29) is 25.7 Å². The van der Waals surface area contributed by atoms with Gasteiger partial charge in [0, 0.05) is 12.8 Å². The number of carbonyl (C=O) groups excluding carboxylic acids is 4. The number of carbonyl (C=O) groups is 6. The van der Waals surface area contributed by atoms with Gasteiger partial charge in [-0.05, 0) is 38.6 Å². The zero-order valence-electron chi connectivity index (χ0n) is 18.7. The molecule has 0 heterocycles. The molecule has 0 aromatic carbocycles. The van der Waals surface area contributed by atoms with Crippen LogP contribution in [0.25, 0.3) is 0 Å². The minimum absolute atomic E-state index is 0.0637. The van der Waals surface area contributed by atoms with E-state index in [0.717, 1.165) is 0 Å². The lowest BCUT2D eigenvalue weighted by atomic mass is 10.1. The molecule has 194 valence electrons. The normalized spacial score (nSPS) is 14.2. The van der Waals surface area contributed by atoms with Gasteiger partial charge < -0.3 is 48.5 Å². The summed E-state index contributed by atoms with van der Waals surface area (Å²) in [7, 11) is 0. The zero-order chi connectivity index (χ0) is 26.3. The standard InChI is InChI=1S/C19H34N6O9/c20-8-2-1-3-13(19(33)34)25-18(32)12(5-7-15(28)29)24-17(31)11(4-6-14(22)27)23-16(30)10(21)9-26/h10-13,26H,1-9,20-21H2,(H2,22,27)(H,23,30)(H,24,31)(H,25,32)(H,28,29)(H,33,34). The molecule has 0 aliphatic heterocycles. The Bertz CT molecular complexity index is 733. The molecule has 15 nitrogen and oxygen atoms in total. The van der Waals surface area contributed by atoms with Gasteiger partial charge >= 0.3 is 11.9 Å². The van der Waals surface area contributed by atoms with Crippen molar-refractivity contribution in [1.82, 2.24) is 16.0 Å². The molecule has 0 aliphatic carbocycles. The summed E-state index contributed by atoms with van der Waals surface area (Å²) >= 11 is 0. The highest BCUT2D eigenvalue weighted by Crippen LogP contribution is 2.06. The van der Waals surface area contributed by atoms with Crippen LogP contribution in [-0.4, -0.2) is 88.2 Å². The number of rotatable bonds is 18. The predicted octanol–water partition coefficient (Wildman–Crippen LogP) is -3.90. The highest BCUT2D eigenvalue weighted by atomic mass is 16.4. The van der Waals surface area contributed by atoms with Gasteiger partial charge in [-0.2, -0.15) is 0 Å². The minimum atomic E-state index is -1.46. The van der Waals surface area contributed by atoms with E-state index in [9.17, 15) is 33.9 Å². The third-order valence-corrected chi connectivity index (χ3v) is 4.69. The predicted molar refractivity (Wildman–Crippen MR) is 117 cm³/mol. The lowest BCUT2D eigenvalue weighted by Gasteiger charge is -2.24. The number of aliphatic hydroxyl groups excluding tert-OH is 1. The highest BCUT2D eigenvalue weighted by Gasteiger charge is 2.30. The first-order valence-corrected chi connectivity index (χ1v) is 10.6. The Labute approximate surface area is 195 Å². The van der Waals surface area contributed by atoms with Gasteiger partial charge in [-0.15, -0.1) is 0 Å². The molecule has 0 saturated heterocycles. The van der Waals surface area contributed by atoms with Crippen molar-refractivity contribution in [2.24, 2.45) is 17.2 Å². The van der Waals surface area contributed by atoms with Gasteiger partial charge in [0.1, 0.15) is 24.2 Å². The van der Waals surface area contributed by atoms with E-state index in [1.807, 2.05) is 0 Å². The van der Waals surface area contributed by atoms with Gasteiger partial charge in [0.05, 0.1) is 6.61 Å². The molecule has 4 atom stereocenters. The zero-order valence-corrected chi connectivity index (χ0v) is 18.7. The maximum absolute atomic E-state index is 12.8. The van der Waals surface area contributed by atoms with Crippen LogP contribution >= 0.6 is 0 Å². The first-order valence-electron chi connectivity index (χ1n) is 10.6. The van der Waals surface area contributed by atoms with Crippen molar-refractivity contribution in [3.05, 3.63) is 0 Å². The molecule has 15 heteroatoms. The van der Waals surface area contributed by atoms with Crippen LogP contribution in [0.2, 0.25) is 0 Å². The molecule has 0 aromatic heterocycles. The maximum atomic E-state index is 12.8. The second-order valence-electron chi connectivity index (χ2n) is 7.53. The Morgan fingerprint density at radius 2 is 1.24 bits per heavy atom. The Morgan fingerprint density at radius 1 is 0.735 bits per heavy atom. The van der Waals surface area contributed by atoms with E-state index < -0.39 is 72.8 Å². The molecule has 0 aromatic rings. The summed E-state index contributed by atoms with van der Waals surface area (Å²) in [6, 6.07) is -5.51. The number of hydrogen-bond acceptors (Lipinski definition) is 9. The topological polar surface area (TPSA) is 277 Å². The molecule has 0 spiro atoms. The third-order valence-electron chi connectivity index (χ3n) is 4.69. The van der Waals surface area contributed by atoms with Gasteiger partial charge in [0.15, 0.2) is 0 Å². The van der Waals surface area contributed by atoms with Crippen molar-refractivity contribution in [3.63, 3.8) is 0 Å². The summed E-state index contributed by atoms with van der Waals surface area (Å²) in [6.07, 6.45) is -0.502. The molecule has 0 rings (SSSR count). The van der Waals surface area contributed by atoms with Crippen LogP contribution in [0.3, 0.4) is 0 Å². The van der Waals surface area contributed by atoms with Crippen molar-refractivity contribution in [2.45, 2.75) is 69.1 Å². The number of nitrogens with one attached hydrogen (secondary N) is 3. The number of amides is 4. The number of carboxylic acids is 2. The number of primary amides is 1. The fourth-order valence-corrected chi connectivity index (χ4v) is 2.75. The second-order valence-corrected chi connectivity index (χ2v) is 7.53. The van der Waals surface area contributed by atoms with E-state index in [4.69, 9.17) is 27.4 Å². The third kappa shape index (κ3) is 12.7. The fourth-order valence-electron chi connectivity index (χ4n) is 2.75. The molecule has 0 saturated carbocycles. The lowest BCUT2D eigenvalue weighted by molar-refractivity contribution is -0.143. The van der Waals surface area contributed by atoms with Gasteiger partial charge in [0.25, 0.3) is 0 Å². The SMILES string of the molecule is NCCCCC(NC(=O)C(CCC(=O)O)NC(=O)C(CCC(N)=O)NC(=O)C(N)CO)C(=O)O. The Balaban J connectivity index is 5.53. The van der Waals surface area contributed by atoms with Crippen molar-refractivity contribution in [2.75, 3.05) is 13.2 Å². The van der Waals surface area contributed by atoms with Crippen molar-refractivity contribution < 1.29 is 44.1 Å². The molecule has 0 fully saturated rings. The van der Waals surface area contributed by atoms with Crippen molar-refractivity contribution >= 4 is 35.6 Å². The molecule has 34 heavy (non-hydrogen) atoms. The monoisotopic (exact) mass is 490 g/mol. The van der Waals surface area contributed by atoms with Crippen LogP contribution in [0.1, 0.15) is 44.9 Å². The molecular formula is C19H34N6O9. The molecule has 12 N–H and O–H groups in total. The van der Waals surface area contributed by atoms with Gasteiger partial charge in [-0.1, -0.05) is 0 Å². The average molecular weight is 491 g/mol. The smallest absolute Gasteiger partial charge is 0.326 e. The number of carboxylic acid groups (broad SMARTS) is 2. The van der Waals surface area contributed by atoms with Crippen LogP contribution in [-0.2, 0) is 28.8 Å². The lowest BCUT2D eigenvalue weighted by Crippen LogP contribution is -2.57. The summed E-state index contributed by atoms with van der Waals surface area (Å²) in [5, 5.41) is 34.1. The molecule has 4 unspecified atom stereocenters. The van der Waals surface area contributed by atoms with Crippen LogP contribution < -0.4 is 33.2 Å². The Kier molecular flexibility index (Phi) is 14.7. The van der Waals surface area contributed by atoms with E-state index >= 15 is 0 Å². The summed E-state index contributed by atoms with van der Waals surface area (Å²) in [5.41, 5.74) is 15.9. The number of nitrogens with two attached hydrogens (primary N) is 3. The van der Waals surface area contributed by atoms with Crippen molar-refractivity contribution in [1.29, 1.82) is 0 Å². The molecule has 0 bridgehead atoms. The molecular weight excluding hydrogens is 456 g/mol. The molecule has 0 aliphatic rings. The van der Waals surface area contributed by atoms with Crippen LogP contribution in [0.15, 0.2) is 0 Å². The van der Waals surface area contributed by atoms with E-state index in [2.05, 4.69) is 16.0 Å². The maximum Gasteiger partial charge on any atom is 0.326 e. The number of aliphatic hydroxyl groups is 1. The quantitative estimate of drug-likeness (QED) is 0.0837. The Morgan fingerprint density at radius 3 is 1.68 bits per heavy atom. The minimum Gasteiger partial charge on any atom is -0.481 e.